The summed E-state index contributed by atoms with van der Waals surface area (Å²) in [6.07, 6.45) is 1.84. The van der Waals surface area contributed by atoms with Crippen LogP contribution < -0.4 is 9.64 Å². The molecule has 5 aromatic rings. The topological polar surface area (TPSA) is 97.0 Å². The van der Waals surface area contributed by atoms with E-state index >= 15 is 0 Å². The van der Waals surface area contributed by atoms with E-state index in [-0.39, 0.29) is 17.0 Å². The van der Waals surface area contributed by atoms with Gasteiger partial charge in [0, 0.05) is 11.2 Å². The van der Waals surface area contributed by atoms with Crippen LogP contribution in [0.3, 0.4) is 0 Å². The number of carbonyl (C=O) groups is 2. The minimum absolute atomic E-state index is 0.0688. The number of ketones is 1. The summed E-state index contributed by atoms with van der Waals surface area (Å²) in [5, 5.41) is 12.4. The number of thiazole rings is 1. The number of rotatable bonds is 5. The number of ether oxygens (including phenoxy) is 1. The van der Waals surface area contributed by atoms with Gasteiger partial charge in [-0.3, -0.25) is 14.5 Å². The second-order valence-electron chi connectivity index (χ2n) is 9.21. The Hall–Kier alpha value is -4.21. The Morgan fingerprint density at radius 2 is 1.92 bits per heavy atom. The molecule has 1 atom stereocenters. The Labute approximate surface area is 232 Å². The van der Waals surface area contributed by atoms with Gasteiger partial charge in [-0.25, -0.2) is 9.97 Å². The molecule has 0 saturated carbocycles. The molecule has 1 aliphatic rings. The number of aryl methyl sites for hydroxylation is 2. The highest BCUT2D eigenvalue weighted by Gasteiger charge is 2.48. The summed E-state index contributed by atoms with van der Waals surface area (Å²) in [7, 11) is 0. The number of Topliss-reactive ketones (excluding diaryl/α,β-unsaturated/α-hetero) is 1. The van der Waals surface area contributed by atoms with E-state index < -0.39 is 17.7 Å². The molecule has 1 unspecified atom stereocenters. The molecule has 2 aromatic carbocycles. The first-order valence-electron chi connectivity index (χ1n) is 12.3. The maximum Gasteiger partial charge on any atom is 0.301 e. The fourth-order valence-electron chi connectivity index (χ4n) is 4.95. The number of amides is 1. The number of aromatic nitrogens is 3. The molecular formula is C29H23ClN4O4S. The van der Waals surface area contributed by atoms with Crippen molar-refractivity contribution in [3.8, 4) is 5.75 Å². The minimum Gasteiger partial charge on any atom is -0.505 e. The Morgan fingerprint density at radius 3 is 2.67 bits per heavy atom. The molecule has 0 spiro atoms. The van der Waals surface area contributed by atoms with Gasteiger partial charge in [0.2, 0.25) is 0 Å². The van der Waals surface area contributed by atoms with Crippen LogP contribution in [0.4, 0.5) is 5.13 Å². The van der Waals surface area contributed by atoms with E-state index in [0.717, 1.165) is 10.3 Å². The van der Waals surface area contributed by atoms with Gasteiger partial charge in [0.1, 0.15) is 17.1 Å². The maximum absolute atomic E-state index is 13.6. The summed E-state index contributed by atoms with van der Waals surface area (Å²) in [5.41, 5.74) is 3.60. The molecule has 8 nitrogen and oxygen atoms in total. The highest BCUT2D eigenvalue weighted by atomic mass is 35.5. The van der Waals surface area contributed by atoms with Gasteiger partial charge in [0.05, 0.1) is 34.1 Å². The van der Waals surface area contributed by atoms with Gasteiger partial charge in [-0.05, 0) is 68.3 Å². The van der Waals surface area contributed by atoms with Crippen molar-refractivity contribution in [2.75, 3.05) is 11.5 Å². The summed E-state index contributed by atoms with van der Waals surface area (Å²) in [5.74, 6) is -1.27. The van der Waals surface area contributed by atoms with Gasteiger partial charge in [-0.2, -0.15) is 0 Å². The molecule has 1 aliphatic heterocycles. The Morgan fingerprint density at radius 1 is 1.10 bits per heavy atom. The first kappa shape index (κ1) is 25.1. The lowest BCUT2D eigenvalue weighted by Crippen LogP contribution is -2.29. The summed E-state index contributed by atoms with van der Waals surface area (Å²) in [6.45, 7) is 6.14. The first-order chi connectivity index (χ1) is 18.8. The average Bonchev–Trinajstić information content (AvgIpc) is 3.56. The van der Waals surface area contributed by atoms with E-state index in [4.69, 9.17) is 16.3 Å². The van der Waals surface area contributed by atoms with Crippen molar-refractivity contribution in [2.45, 2.75) is 26.8 Å². The number of hydrogen-bond acceptors (Lipinski definition) is 7. The van der Waals surface area contributed by atoms with Gasteiger partial charge in [-0.1, -0.05) is 41.1 Å². The molecule has 0 radical (unpaired) electrons. The Kier molecular flexibility index (Phi) is 6.12. The number of pyridine rings is 1. The zero-order chi connectivity index (χ0) is 27.4. The van der Waals surface area contributed by atoms with Crippen molar-refractivity contribution >= 4 is 61.4 Å². The fraction of sp³-hybridized carbons (Fsp3) is 0.172. The predicted molar refractivity (Wildman–Crippen MR) is 152 cm³/mol. The SMILES string of the molecule is CCOc1ccc2nc(N3C(=O)C(=O)/C(=C(/O)c4nc5c(C)cccn5c4C)C3c3cccc(Cl)c3)sc2c1. The zero-order valence-electron chi connectivity index (χ0n) is 21.3. The first-order valence-corrected chi connectivity index (χ1v) is 13.5. The van der Waals surface area contributed by atoms with E-state index in [2.05, 4.69) is 9.97 Å². The number of aliphatic hydroxyl groups excluding tert-OH is 1. The molecule has 10 heteroatoms. The molecule has 0 aliphatic carbocycles. The van der Waals surface area contributed by atoms with Crippen LogP contribution in [0.25, 0.3) is 21.6 Å². The van der Waals surface area contributed by atoms with Crippen LogP contribution >= 0.6 is 22.9 Å². The fourth-order valence-corrected chi connectivity index (χ4v) is 6.17. The molecule has 6 rings (SSSR count). The normalized spacial score (nSPS) is 17.0. The number of imidazole rings is 1. The molecule has 0 bridgehead atoms. The molecule has 196 valence electrons. The van der Waals surface area contributed by atoms with Crippen LogP contribution in [0.15, 0.2) is 66.4 Å². The van der Waals surface area contributed by atoms with Crippen molar-refractivity contribution in [1.82, 2.24) is 14.4 Å². The van der Waals surface area contributed by atoms with Crippen LogP contribution in [-0.4, -0.2) is 37.8 Å². The smallest absolute Gasteiger partial charge is 0.301 e. The number of carbonyl (C=O) groups excluding carboxylic acids is 2. The van der Waals surface area contributed by atoms with Gasteiger partial charge >= 0.3 is 5.91 Å². The van der Waals surface area contributed by atoms with Crippen LogP contribution in [-0.2, 0) is 9.59 Å². The van der Waals surface area contributed by atoms with Crippen LogP contribution in [0.1, 0.15) is 35.5 Å². The van der Waals surface area contributed by atoms with Crippen LogP contribution in [0.5, 0.6) is 5.75 Å². The van der Waals surface area contributed by atoms with Crippen molar-refractivity contribution < 1.29 is 19.4 Å². The van der Waals surface area contributed by atoms with Crippen molar-refractivity contribution in [2.24, 2.45) is 0 Å². The third-order valence-electron chi connectivity index (χ3n) is 6.78. The molecule has 3 aromatic heterocycles. The number of nitrogens with zero attached hydrogens (tertiary/aromatic N) is 4. The van der Waals surface area contributed by atoms with Gasteiger partial charge < -0.3 is 14.2 Å². The summed E-state index contributed by atoms with van der Waals surface area (Å²) >= 11 is 7.60. The van der Waals surface area contributed by atoms with E-state index in [9.17, 15) is 14.7 Å². The predicted octanol–water partition coefficient (Wildman–Crippen LogP) is 6.24. The molecule has 4 heterocycles. The Balaban J connectivity index is 1.57. The molecule has 1 amide bonds. The average molecular weight is 559 g/mol. The van der Waals surface area contributed by atoms with E-state index in [0.29, 0.717) is 44.9 Å². The van der Waals surface area contributed by atoms with Crippen molar-refractivity contribution in [3.05, 3.63) is 93.9 Å². The molecular weight excluding hydrogens is 536 g/mol. The standard InChI is InChI=1S/C29H23ClN4O4S/c1-4-38-19-10-11-20-21(14-19)39-29(31-20)34-24(17-8-5-9-18(30)13-17)22(26(36)28(34)37)25(35)23-16(3)33-12-6-7-15(2)27(33)32-23/h5-14,24,35H,4H2,1-3H3/b25-22+. The van der Waals surface area contributed by atoms with E-state index in [1.165, 1.54) is 16.2 Å². The summed E-state index contributed by atoms with van der Waals surface area (Å²) in [6, 6.07) is 15.2. The molecule has 39 heavy (non-hydrogen) atoms. The zero-order valence-corrected chi connectivity index (χ0v) is 22.9. The highest BCUT2D eigenvalue weighted by molar-refractivity contribution is 7.22. The largest absolute Gasteiger partial charge is 0.505 e. The van der Waals surface area contributed by atoms with Crippen molar-refractivity contribution in [3.63, 3.8) is 0 Å². The number of fused-ring (bicyclic) bond motifs is 2. The number of benzene rings is 2. The lowest BCUT2D eigenvalue weighted by molar-refractivity contribution is -0.132. The second-order valence-corrected chi connectivity index (χ2v) is 10.7. The third-order valence-corrected chi connectivity index (χ3v) is 8.04. The van der Waals surface area contributed by atoms with E-state index in [1.54, 1.807) is 24.3 Å². The molecule has 1 N–H and O–H groups in total. The molecule has 1 saturated heterocycles. The quantitative estimate of drug-likeness (QED) is 0.156. The van der Waals surface area contributed by atoms with Crippen molar-refractivity contribution in [1.29, 1.82) is 0 Å². The van der Waals surface area contributed by atoms with Gasteiger partial charge in [0.15, 0.2) is 10.9 Å². The highest BCUT2D eigenvalue weighted by Crippen LogP contribution is 2.45. The van der Waals surface area contributed by atoms with E-state index in [1.807, 2.05) is 61.7 Å². The number of anilines is 1. The third kappa shape index (κ3) is 4.05. The lowest BCUT2D eigenvalue weighted by Gasteiger charge is -2.23. The van der Waals surface area contributed by atoms with Gasteiger partial charge in [-0.15, -0.1) is 0 Å². The minimum atomic E-state index is -0.957. The maximum atomic E-state index is 13.6. The number of hydrogen-bond donors (Lipinski definition) is 1. The van der Waals surface area contributed by atoms with Gasteiger partial charge in [0.25, 0.3) is 5.78 Å². The number of aliphatic hydroxyl groups is 1. The summed E-state index contributed by atoms with van der Waals surface area (Å²) in [4.78, 5) is 37.8. The van der Waals surface area contributed by atoms with Crippen LogP contribution in [0, 0.1) is 13.8 Å². The Bertz CT molecular complexity index is 1840. The monoisotopic (exact) mass is 558 g/mol. The molecule has 1 fully saturated rings. The number of halogens is 1. The second kappa shape index (κ2) is 9.52. The summed E-state index contributed by atoms with van der Waals surface area (Å²) < 4.78 is 8.26. The lowest BCUT2D eigenvalue weighted by atomic mass is 9.96. The van der Waals surface area contributed by atoms with Crippen LogP contribution in [0.2, 0.25) is 5.02 Å².